The van der Waals surface area contributed by atoms with Gasteiger partial charge in [-0.3, -0.25) is 14.6 Å². The number of anilines is 2. The molecular weight excluding hydrogens is 535 g/mol. The van der Waals surface area contributed by atoms with Gasteiger partial charge in [-0.2, -0.15) is 0 Å². The zero-order valence-corrected chi connectivity index (χ0v) is 26.6. The average Bonchev–Trinajstić information content (AvgIpc) is 3.41. The summed E-state index contributed by atoms with van der Waals surface area (Å²) in [5.41, 5.74) is 3.34. The molecule has 5 rings (SSSR count). The molecule has 2 aliphatic rings. The Kier molecular flexibility index (Phi) is 9.20. The summed E-state index contributed by atoms with van der Waals surface area (Å²) in [6.07, 6.45) is 3.15. The van der Waals surface area contributed by atoms with Crippen LogP contribution in [0.2, 0.25) is 13.1 Å². The normalized spacial score (nSPS) is 17.5. The molecule has 40 heavy (non-hydrogen) atoms. The number of carbonyl (C=O) groups excluding carboxylic acids is 1. The zero-order chi connectivity index (χ0) is 28.3. The molecule has 8 heteroatoms. The molecule has 1 unspecified atom stereocenters. The van der Waals surface area contributed by atoms with Crippen molar-refractivity contribution in [3.8, 4) is 5.75 Å². The summed E-state index contributed by atoms with van der Waals surface area (Å²) in [6.45, 7) is 16.8. The quantitative estimate of drug-likeness (QED) is 0.196. The lowest BCUT2D eigenvalue weighted by molar-refractivity contribution is -0.122. The molecule has 1 atom stereocenters. The summed E-state index contributed by atoms with van der Waals surface area (Å²) in [6, 6.07) is 15.2. The van der Waals surface area contributed by atoms with Crippen molar-refractivity contribution in [3.05, 3.63) is 53.4 Å². The van der Waals surface area contributed by atoms with Crippen LogP contribution in [0.5, 0.6) is 5.75 Å². The van der Waals surface area contributed by atoms with Crippen LogP contribution < -0.4 is 14.5 Å². The monoisotopic (exact) mass is 578 g/mol. The van der Waals surface area contributed by atoms with E-state index >= 15 is 0 Å². The van der Waals surface area contributed by atoms with Crippen LogP contribution in [0.25, 0.3) is 10.1 Å². The van der Waals surface area contributed by atoms with E-state index in [1.807, 2.05) is 16.2 Å². The number of aryl methyl sites for hydroxylation is 1. The number of carbonyl (C=O) groups is 1. The topological polar surface area (TPSA) is 45.2 Å². The molecule has 0 spiro atoms. The highest BCUT2D eigenvalue weighted by Crippen LogP contribution is 2.38. The fraction of sp³-hybridized carbons (Fsp3) is 0.531. The summed E-state index contributed by atoms with van der Waals surface area (Å²) < 4.78 is 14.0. The van der Waals surface area contributed by atoms with Gasteiger partial charge in [0.1, 0.15) is 12.0 Å². The number of hydrogen-bond donors (Lipinski definition) is 0. The Balaban J connectivity index is 1.11. The van der Waals surface area contributed by atoms with Crippen molar-refractivity contribution in [2.24, 2.45) is 5.41 Å². The van der Waals surface area contributed by atoms with Crippen LogP contribution in [0.4, 0.5) is 11.4 Å². The second kappa shape index (κ2) is 12.6. The van der Waals surface area contributed by atoms with Crippen molar-refractivity contribution in [3.63, 3.8) is 0 Å². The van der Waals surface area contributed by atoms with Gasteiger partial charge < -0.3 is 14.1 Å². The number of piperazine rings is 1. The van der Waals surface area contributed by atoms with Crippen LogP contribution in [0.1, 0.15) is 45.6 Å². The standard InChI is InChI=1S/C32H44N3O3SSi/c1-32(2,3)31(38-40(4)5)35-28-23-25(13-11-24(28)12-14-30(35)36)37-21-7-6-16-33-17-19-34(20-18-33)27-9-8-10-29-26(27)15-22-39-29/h8-11,13,15,22-23,31H,6-7,12,14,16-21H2,1-5H3. The molecule has 1 aromatic heterocycles. The maximum absolute atomic E-state index is 13.1. The minimum atomic E-state index is -0.983. The molecule has 2 aromatic carbocycles. The first-order valence-corrected chi connectivity index (χ1v) is 18.0. The smallest absolute Gasteiger partial charge is 0.229 e. The van der Waals surface area contributed by atoms with Gasteiger partial charge in [-0.1, -0.05) is 32.9 Å². The number of amides is 1. The Morgan fingerprint density at radius 3 is 2.52 bits per heavy atom. The number of rotatable bonds is 10. The second-order valence-corrected chi connectivity index (χ2v) is 15.3. The highest BCUT2D eigenvalue weighted by atomic mass is 32.1. The third-order valence-corrected chi connectivity index (χ3v) is 9.42. The van der Waals surface area contributed by atoms with Gasteiger partial charge in [0.05, 0.1) is 12.3 Å². The number of benzene rings is 2. The van der Waals surface area contributed by atoms with Crippen molar-refractivity contribution >= 4 is 47.7 Å². The lowest BCUT2D eigenvalue weighted by Crippen LogP contribution is -2.52. The zero-order valence-electron chi connectivity index (χ0n) is 24.7. The minimum Gasteiger partial charge on any atom is -0.494 e. The Hall–Kier alpha value is -2.39. The third-order valence-electron chi connectivity index (χ3n) is 7.84. The highest BCUT2D eigenvalue weighted by molar-refractivity contribution is 7.17. The molecule has 0 saturated carbocycles. The predicted octanol–water partition coefficient (Wildman–Crippen LogP) is 6.80. The lowest BCUT2D eigenvalue weighted by atomic mass is 9.90. The van der Waals surface area contributed by atoms with Crippen LogP contribution in [0.15, 0.2) is 47.8 Å². The number of nitrogens with zero attached hydrogens (tertiary/aromatic N) is 3. The first kappa shape index (κ1) is 29.1. The summed E-state index contributed by atoms with van der Waals surface area (Å²) in [7, 11) is -0.983. The summed E-state index contributed by atoms with van der Waals surface area (Å²) in [4.78, 5) is 20.2. The molecule has 6 nitrogen and oxygen atoms in total. The number of ether oxygens (including phenoxy) is 1. The van der Waals surface area contributed by atoms with Gasteiger partial charge >= 0.3 is 0 Å². The molecule has 3 heterocycles. The molecule has 1 fully saturated rings. The lowest BCUT2D eigenvalue weighted by Gasteiger charge is -2.43. The van der Waals surface area contributed by atoms with Crippen molar-refractivity contribution in [1.29, 1.82) is 0 Å². The van der Waals surface area contributed by atoms with Crippen molar-refractivity contribution in [1.82, 2.24) is 4.90 Å². The molecule has 215 valence electrons. The van der Waals surface area contributed by atoms with E-state index in [0.717, 1.165) is 63.4 Å². The van der Waals surface area contributed by atoms with Crippen LogP contribution >= 0.6 is 11.3 Å². The van der Waals surface area contributed by atoms with Gasteiger partial charge in [0.15, 0.2) is 0 Å². The second-order valence-electron chi connectivity index (χ2n) is 12.3. The maximum Gasteiger partial charge on any atom is 0.229 e. The molecule has 2 aliphatic heterocycles. The van der Waals surface area contributed by atoms with Crippen molar-refractivity contribution < 1.29 is 14.0 Å². The number of hydrogen-bond acceptors (Lipinski definition) is 6. The highest BCUT2D eigenvalue weighted by Gasteiger charge is 2.38. The third kappa shape index (κ3) is 6.73. The molecule has 1 saturated heterocycles. The molecular formula is C32H44N3O3SSi. The van der Waals surface area contributed by atoms with Crippen LogP contribution in [0, 0.1) is 5.41 Å². The molecule has 0 bridgehead atoms. The Labute approximate surface area is 245 Å². The SMILES string of the molecule is C[Si](C)OC(N1C(=O)CCc2ccc(OCCCCN3CCN(c4cccc5sccc45)CC3)cc21)C(C)(C)C. The van der Waals surface area contributed by atoms with Crippen molar-refractivity contribution in [2.75, 3.05) is 49.1 Å². The number of thiophene rings is 1. The van der Waals surface area contributed by atoms with Crippen LogP contribution in [-0.2, 0) is 15.6 Å². The molecule has 0 aliphatic carbocycles. The van der Waals surface area contributed by atoms with E-state index in [-0.39, 0.29) is 17.6 Å². The first-order chi connectivity index (χ1) is 19.2. The van der Waals surface area contributed by atoms with Crippen molar-refractivity contribution in [2.45, 2.75) is 65.8 Å². The van der Waals surface area contributed by atoms with E-state index in [1.54, 1.807) is 0 Å². The number of fused-ring (bicyclic) bond motifs is 2. The van der Waals surface area contributed by atoms with Gasteiger partial charge in [-0.05, 0) is 74.1 Å². The molecule has 1 radical (unpaired) electrons. The largest absolute Gasteiger partial charge is 0.494 e. The van der Waals surface area contributed by atoms with Crippen LogP contribution in [0.3, 0.4) is 0 Å². The Morgan fingerprint density at radius 1 is 0.975 bits per heavy atom. The van der Waals surface area contributed by atoms with E-state index < -0.39 is 9.04 Å². The van der Waals surface area contributed by atoms with Gasteiger partial charge in [-0.25, -0.2) is 0 Å². The van der Waals surface area contributed by atoms with E-state index in [1.165, 1.54) is 21.3 Å². The molecule has 0 N–H and O–H groups in total. The van der Waals surface area contributed by atoms with Gasteiger partial charge in [0, 0.05) is 59.9 Å². The Bertz CT molecular complexity index is 1300. The van der Waals surface area contributed by atoms with E-state index in [2.05, 4.69) is 91.5 Å². The fourth-order valence-corrected chi connectivity index (χ4v) is 7.47. The van der Waals surface area contributed by atoms with Gasteiger partial charge in [0.25, 0.3) is 0 Å². The molecule has 3 aromatic rings. The van der Waals surface area contributed by atoms with E-state index in [0.29, 0.717) is 13.0 Å². The fourth-order valence-electron chi connectivity index (χ4n) is 5.76. The summed E-state index contributed by atoms with van der Waals surface area (Å²) in [5.74, 6) is 0.973. The van der Waals surface area contributed by atoms with E-state index in [9.17, 15) is 4.79 Å². The predicted molar refractivity (Wildman–Crippen MR) is 169 cm³/mol. The Morgan fingerprint density at radius 2 is 1.77 bits per heavy atom. The first-order valence-electron chi connectivity index (χ1n) is 14.7. The minimum absolute atomic E-state index is 0.139. The summed E-state index contributed by atoms with van der Waals surface area (Å²) >= 11 is 1.82. The van der Waals surface area contributed by atoms with Gasteiger partial charge in [0.2, 0.25) is 14.9 Å². The van der Waals surface area contributed by atoms with Crippen LogP contribution in [-0.4, -0.2) is 65.4 Å². The number of unbranched alkanes of at least 4 members (excludes halogenated alkanes) is 1. The maximum atomic E-state index is 13.1. The molecule has 1 amide bonds. The van der Waals surface area contributed by atoms with Gasteiger partial charge in [-0.15, -0.1) is 11.3 Å². The van der Waals surface area contributed by atoms with E-state index in [4.69, 9.17) is 9.16 Å². The summed E-state index contributed by atoms with van der Waals surface area (Å²) in [5, 5.41) is 3.58. The average molecular weight is 579 g/mol.